The molecule has 0 amide bonds. The van der Waals surface area contributed by atoms with Crippen LogP contribution in [0.25, 0.3) is 0 Å². The number of rotatable bonds is 3. The van der Waals surface area contributed by atoms with Crippen molar-refractivity contribution in [3.8, 4) is 0 Å². The largest absolute Gasteiger partial charge is 0.550 e. The van der Waals surface area contributed by atoms with Gasteiger partial charge in [0.2, 0.25) is 0 Å². The van der Waals surface area contributed by atoms with Gasteiger partial charge >= 0.3 is 12.3 Å². The van der Waals surface area contributed by atoms with Crippen LogP contribution in [0.2, 0.25) is 0 Å². The molecule has 2 fully saturated rings. The summed E-state index contributed by atoms with van der Waals surface area (Å²) < 4.78 is 10.1. The van der Waals surface area contributed by atoms with Gasteiger partial charge in [0.05, 0.1) is 0 Å². The summed E-state index contributed by atoms with van der Waals surface area (Å²) in [6.07, 6.45) is 7.64. The summed E-state index contributed by atoms with van der Waals surface area (Å²) in [5.74, 6) is 0.659. The van der Waals surface area contributed by atoms with Crippen molar-refractivity contribution in [1.82, 2.24) is 0 Å². The monoisotopic (exact) mass is 440 g/mol. The third-order valence-electron chi connectivity index (χ3n) is 5.27. The summed E-state index contributed by atoms with van der Waals surface area (Å²) >= 11 is 0. The van der Waals surface area contributed by atoms with E-state index < -0.39 is 12.3 Å². The summed E-state index contributed by atoms with van der Waals surface area (Å²) in [6.45, 7) is 4.41. The number of carbonyl (C=O) groups is 2. The Labute approximate surface area is 184 Å². The lowest BCUT2D eigenvalue weighted by Gasteiger charge is -2.21. The summed E-state index contributed by atoms with van der Waals surface area (Å²) in [5, 5.41) is 12.0. The first-order chi connectivity index (χ1) is 15.0. The van der Waals surface area contributed by atoms with Crippen molar-refractivity contribution in [1.29, 1.82) is 0 Å². The number of benzene rings is 1. The average Bonchev–Trinajstić information content (AvgIpc) is 2.81. The summed E-state index contributed by atoms with van der Waals surface area (Å²) in [7, 11) is 0. The number of ether oxygens (including phenoxy) is 2. The van der Waals surface area contributed by atoms with E-state index in [0.717, 1.165) is 51.4 Å². The molecule has 3 rings (SSSR count). The molecule has 0 heterocycles. The molecule has 31 heavy (non-hydrogen) atoms. The van der Waals surface area contributed by atoms with E-state index in [-0.39, 0.29) is 12.2 Å². The van der Waals surface area contributed by atoms with E-state index >= 15 is 0 Å². The smallest absolute Gasteiger partial charge is 0.428 e. The van der Waals surface area contributed by atoms with Crippen LogP contribution in [0.1, 0.15) is 89.5 Å². The minimum absolute atomic E-state index is 0.130. The van der Waals surface area contributed by atoms with Gasteiger partial charge in [-0.2, -0.15) is 19.4 Å². The number of hydrogen-bond acceptors (Lipinski definition) is 8. The van der Waals surface area contributed by atoms with Crippen molar-refractivity contribution in [2.45, 2.75) is 96.2 Å². The standard InChI is InChI=1S/C14H22O6.C9H12.H2O2/c15-13(17-11-7-3-1-4-8-11)19-20-14(16)18-12-9-5-2-6-10-12;1-8(2)9-6-4-3-5-7-9;1-2/h11-12H,1-10H2;3-8H,1-2H3;1-2H. The van der Waals surface area contributed by atoms with E-state index in [1.54, 1.807) is 0 Å². The first kappa shape index (κ1) is 26.7. The zero-order valence-corrected chi connectivity index (χ0v) is 18.5. The van der Waals surface area contributed by atoms with Gasteiger partial charge in [0.15, 0.2) is 0 Å². The van der Waals surface area contributed by atoms with Crippen molar-refractivity contribution in [2.75, 3.05) is 0 Å². The first-order valence-corrected chi connectivity index (χ1v) is 11.0. The van der Waals surface area contributed by atoms with Crippen LogP contribution in [0.5, 0.6) is 0 Å². The van der Waals surface area contributed by atoms with Crippen molar-refractivity contribution >= 4 is 12.3 Å². The fourth-order valence-electron chi connectivity index (χ4n) is 3.58. The minimum atomic E-state index is -0.975. The molecule has 2 N–H and O–H groups in total. The molecule has 0 spiro atoms. The summed E-state index contributed by atoms with van der Waals surface area (Å²) in [6, 6.07) is 10.5. The Balaban J connectivity index is 0.000000365. The SMILES string of the molecule is CC(C)c1ccccc1.O=C(OOC(=O)OC1CCCCC1)OC1CCCCC1.OO. The molecular weight excluding hydrogens is 404 g/mol. The molecule has 8 nitrogen and oxygen atoms in total. The second-order valence-corrected chi connectivity index (χ2v) is 7.99. The van der Waals surface area contributed by atoms with Crippen molar-refractivity contribution < 1.29 is 39.4 Å². The highest BCUT2D eigenvalue weighted by Gasteiger charge is 2.23. The van der Waals surface area contributed by atoms with Crippen LogP contribution in [-0.4, -0.2) is 35.0 Å². The van der Waals surface area contributed by atoms with Gasteiger partial charge in [-0.05, 0) is 62.8 Å². The minimum Gasteiger partial charge on any atom is -0.428 e. The van der Waals surface area contributed by atoms with Crippen molar-refractivity contribution in [2.24, 2.45) is 0 Å². The maximum absolute atomic E-state index is 11.3. The van der Waals surface area contributed by atoms with Gasteiger partial charge < -0.3 is 9.47 Å². The second-order valence-electron chi connectivity index (χ2n) is 7.99. The molecule has 2 aliphatic rings. The van der Waals surface area contributed by atoms with Gasteiger partial charge in [-0.1, -0.05) is 57.0 Å². The molecule has 0 aromatic heterocycles. The molecule has 0 aliphatic heterocycles. The van der Waals surface area contributed by atoms with E-state index in [9.17, 15) is 9.59 Å². The lowest BCUT2D eigenvalue weighted by Crippen LogP contribution is -2.25. The van der Waals surface area contributed by atoms with Crippen LogP contribution in [0.15, 0.2) is 30.3 Å². The zero-order chi connectivity index (χ0) is 22.9. The topological polar surface area (TPSA) is 112 Å². The molecule has 0 unspecified atom stereocenters. The van der Waals surface area contributed by atoms with Crippen LogP contribution >= 0.6 is 0 Å². The lowest BCUT2D eigenvalue weighted by atomic mass is 9.98. The molecule has 2 aliphatic carbocycles. The summed E-state index contributed by atoms with van der Waals surface area (Å²) in [5.41, 5.74) is 1.41. The molecule has 0 saturated heterocycles. The molecule has 0 atom stereocenters. The Kier molecular flexibility index (Phi) is 14.1. The predicted octanol–water partition coefficient (Wildman–Crippen LogP) is 6.70. The summed E-state index contributed by atoms with van der Waals surface area (Å²) in [4.78, 5) is 31.3. The van der Waals surface area contributed by atoms with Crippen LogP contribution in [0.3, 0.4) is 0 Å². The maximum atomic E-state index is 11.3. The molecule has 2 saturated carbocycles. The van der Waals surface area contributed by atoms with E-state index in [1.807, 2.05) is 6.07 Å². The molecular formula is C23H36O8. The van der Waals surface area contributed by atoms with E-state index in [1.165, 1.54) is 18.4 Å². The molecule has 8 heteroatoms. The third kappa shape index (κ3) is 12.2. The van der Waals surface area contributed by atoms with E-state index in [4.69, 9.17) is 20.0 Å². The van der Waals surface area contributed by atoms with E-state index in [0.29, 0.717) is 5.92 Å². The number of carbonyl (C=O) groups excluding carboxylic acids is 2. The lowest BCUT2D eigenvalue weighted by molar-refractivity contribution is -0.226. The second kappa shape index (κ2) is 16.4. The molecule has 0 bridgehead atoms. The number of hydrogen-bond donors (Lipinski definition) is 2. The molecule has 176 valence electrons. The van der Waals surface area contributed by atoms with Crippen molar-refractivity contribution in [3.63, 3.8) is 0 Å². The Hall–Kier alpha value is -2.32. The van der Waals surface area contributed by atoms with Gasteiger partial charge in [-0.25, -0.2) is 0 Å². The highest BCUT2D eigenvalue weighted by molar-refractivity contribution is 5.63. The van der Waals surface area contributed by atoms with Crippen molar-refractivity contribution in [3.05, 3.63) is 35.9 Å². The van der Waals surface area contributed by atoms with Gasteiger partial charge in [0.25, 0.3) is 0 Å². The highest BCUT2D eigenvalue weighted by atomic mass is 17.3. The Morgan fingerprint density at radius 2 is 1.13 bits per heavy atom. The van der Waals surface area contributed by atoms with Gasteiger partial charge in [0.1, 0.15) is 12.2 Å². The van der Waals surface area contributed by atoms with Gasteiger partial charge in [-0.15, -0.1) is 0 Å². The van der Waals surface area contributed by atoms with Crippen LogP contribution in [0, 0.1) is 0 Å². The van der Waals surface area contributed by atoms with Crippen LogP contribution in [-0.2, 0) is 19.2 Å². The normalized spacial score (nSPS) is 16.7. The Bertz CT molecular complexity index is 561. The Morgan fingerprint density at radius 3 is 1.45 bits per heavy atom. The van der Waals surface area contributed by atoms with Crippen LogP contribution in [0.4, 0.5) is 9.59 Å². The fourth-order valence-corrected chi connectivity index (χ4v) is 3.58. The molecule has 1 aromatic rings. The highest BCUT2D eigenvalue weighted by Crippen LogP contribution is 2.22. The average molecular weight is 441 g/mol. The predicted molar refractivity (Wildman–Crippen MR) is 115 cm³/mol. The fraction of sp³-hybridized carbons (Fsp3) is 0.652. The maximum Gasteiger partial charge on any atom is 0.550 e. The van der Waals surface area contributed by atoms with E-state index in [2.05, 4.69) is 47.9 Å². The molecule has 1 aromatic carbocycles. The quantitative estimate of drug-likeness (QED) is 0.303. The molecule has 0 radical (unpaired) electrons. The van der Waals surface area contributed by atoms with Crippen LogP contribution < -0.4 is 0 Å². The zero-order valence-electron chi connectivity index (χ0n) is 18.5. The van der Waals surface area contributed by atoms with Gasteiger partial charge in [0, 0.05) is 0 Å². The first-order valence-electron chi connectivity index (χ1n) is 11.0. The Morgan fingerprint density at radius 1 is 0.742 bits per heavy atom. The van der Waals surface area contributed by atoms with Gasteiger partial charge in [-0.3, -0.25) is 10.5 Å². The third-order valence-corrected chi connectivity index (χ3v) is 5.27.